The molecule has 0 atom stereocenters. The molecule has 0 radical (unpaired) electrons. The van der Waals surface area contributed by atoms with E-state index >= 15 is 0 Å². The maximum Gasteiger partial charge on any atom is 0.277 e. The quantitative estimate of drug-likeness (QED) is 0.649. The smallest absolute Gasteiger partial charge is 0.277 e. The zero-order valence-corrected chi connectivity index (χ0v) is 16.1. The molecule has 142 valence electrons. The summed E-state index contributed by atoms with van der Waals surface area (Å²) in [6.07, 6.45) is 1.68. The Labute approximate surface area is 162 Å². The Morgan fingerprint density at radius 1 is 1.33 bits per heavy atom. The number of ether oxygens (including phenoxy) is 1. The number of aromatic nitrogens is 4. The highest BCUT2D eigenvalue weighted by Crippen LogP contribution is 2.21. The minimum absolute atomic E-state index is 0.184. The van der Waals surface area contributed by atoms with Crippen LogP contribution in [-0.2, 0) is 13.3 Å². The van der Waals surface area contributed by atoms with Crippen molar-refractivity contribution in [2.24, 2.45) is 0 Å². The molecular formula is C18H21ClN6O2. The number of nitrogens with one attached hydrogen (secondary N) is 2. The second-order valence-corrected chi connectivity index (χ2v) is 6.80. The van der Waals surface area contributed by atoms with Crippen molar-refractivity contribution in [3.8, 4) is 5.75 Å². The summed E-state index contributed by atoms with van der Waals surface area (Å²) in [5.41, 5.74) is 2.12. The second-order valence-electron chi connectivity index (χ2n) is 6.40. The number of rotatable bonds is 7. The van der Waals surface area contributed by atoms with Crippen molar-refractivity contribution in [2.45, 2.75) is 20.2 Å². The molecular weight excluding hydrogens is 368 g/mol. The first-order chi connectivity index (χ1) is 12.9. The molecule has 8 nitrogen and oxygen atoms in total. The van der Waals surface area contributed by atoms with Gasteiger partial charge in [-0.15, -0.1) is 0 Å². The number of amides is 1. The highest BCUT2D eigenvalue weighted by atomic mass is 35.5. The normalized spacial score (nSPS) is 11.0. The van der Waals surface area contributed by atoms with Gasteiger partial charge < -0.3 is 15.0 Å². The first-order valence-electron chi connectivity index (χ1n) is 8.33. The molecule has 0 unspecified atom stereocenters. The molecule has 0 saturated carbocycles. The summed E-state index contributed by atoms with van der Waals surface area (Å²) >= 11 is 6.00. The van der Waals surface area contributed by atoms with Crippen LogP contribution in [-0.4, -0.2) is 44.9 Å². The molecule has 2 aromatic heterocycles. The number of halogens is 1. The van der Waals surface area contributed by atoms with Crippen LogP contribution in [0.25, 0.3) is 0 Å². The van der Waals surface area contributed by atoms with Crippen LogP contribution in [0.3, 0.4) is 0 Å². The number of hydrogen-bond acceptors (Lipinski definition) is 5. The number of aryl methyl sites for hydroxylation is 1. The minimum atomic E-state index is -0.334. The third-order valence-corrected chi connectivity index (χ3v) is 4.15. The Morgan fingerprint density at radius 2 is 2.15 bits per heavy atom. The van der Waals surface area contributed by atoms with Crippen LogP contribution in [0.5, 0.6) is 5.75 Å². The van der Waals surface area contributed by atoms with Crippen LogP contribution in [0.1, 0.15) is 21.7 Å². The molecule has 0 bridgehead atoms. The summed E-state index contributed by atoms with van der Waals surface area (Å²) in [6, 6.07) is 8.83. The van der Waals surface area contributed by atoms with Gasteiger partial charge in [0.15, 0.2) is 18.2 Å². The second kappa shape index (κ2) is 8.24. The van der Waals surface area contributed by atoms with Crippen LogP contribution < -0.4 is 10.1 Å². The summed E-state index contributed by atoms with van der Waals surface area (Å²) in [4.78, 5) is 14.3. The van der Waals surface area contributed by atoms with Gasteiger partial charge in [0.05, 0.1) is 5.69 Å². The largest absolute Gasteiger partial charge is 0.471 e. The lowest BCUT2D eigenvalue weighted by atomic mass is 10.2. The van der Waals surface area contributed by atoms with Crippen LogP contribution >= 0.6 is 11.6 Å². The zero-order chi connectivity index (χ0) is 19.4. The topological polar surface area (TPSA) is 88.1 Å². The summed E-state index contributed by atoms with van der Waals surface area (Å²) < 4.78 is 7.21. The van der Waals surface area contributed by atoms with Gasteiger partial charge in [0, 0.05) is 23.8 Å². The van der Waals surface area contributed by atoms with Gasteiger partial charge in [0.1, 0.15) is 5.75 Å². The number of nitrogens with zero attached hydrogens (tertiary/aromatic N) is 4. The Bertz CT molecular complexity index is 934. The van der Waals surface area contributed by atoms with E-state index in [0.29, 0.717) is 23.1 Å². The van der Waals surface area contributed by atoms with Gasteiger partial charge in [-0.05, 0) is 50.8 Å². The molecule has 0 aliphatic heterocycles. The van der Waals surface area contributed by atoms with Crippen LogP contribution in [0, 0.1) is 6.92 Å². The molecule has 0 aliphatic carbocycles. The fourth-order valence-electron chi connectivity index (χ4n) is 2.43. The molecule has 0 spiro atoms. The van der Waals surface area contributed by atoms with Crippen molar-refractivity contribution in [2.75, 3.05) is 19.4 Å². The summed E-state index contributed by atoms with van der Waals surface area (Å²) in [7, 11) is 3.91. The van der Waals surface area contributed by atoms with Crippen LogP contribution in [0.4, 0.5) is 5.82 Å². The van der Waals surface area contributed by atoms with Gasteiger partial charge in [0.2, 0.25) is 0 Å². The van der Waals surface area contributed by atoms with Crippen molar-refractivity contribution in [3.05, 3.63) is 58.5 Å². The Kier molecular flexibility index (Phi) is 5.78. The average Bonchev–Trinajstić information content (AvgIpc) is 3.25. The van der Waals surface area contributed by atoms with E-state index in [9.17, 15) is 4.79 Å². The highest BCUT2D eigenvalue weighted by Gasteiger charge is 2.12. The van der Waals surface area contributed by atoms with Gasteiger partial charge >= 0.3 is 0 Å². The SMILES string of the molecule is Cc1cc(OCn2ccc(C(=O)Nc3cc(CN(C)C)[nH]n3)n2)ccc1Cl. The average molecular weight is 389 g/mol. The number of aromatic amines is 1. The molecule has 0 fully saturated rings. The van der Waals surface area contributed by atoms with Gasteiger partial charge in [0.25, 0.3) is 5.91 Å². The van der Waals surface area contributed by atoms with E-state index in [-0.39, 0.29) is 18.3 Å². The summed E-state index contributed by atoms with van der Waals surface area (Å²) in [6.45, 7) is 2.80. The van der Waals surface area contributed by atoms with E-state index in [4.69, 9.17) is 16.3 Å². The zero-order valence-electron chi connectivity index (χ0n) is 15.4. The standard InChI is InChI=1S/C18H21ClN6O2/c1-12-8-14(4-5-15(12)19)27-11-25-7-6-16(23-25)18(26)20-17-9-13(21-22-17)10-24(2)3/h4-9H,10-11H2,1-3H3,(H2,20,21,22,26). The van der Waals surface area contributed by atoms with E-state index in [0.717, 1.165) is 11.3 Å². The first kappa shape index (κ1) is 18.9. The molecule has 9 heteroatoms. The third kappa shape index (κ3) is 5.08. The lowest BCUT2D eigenvalue weighted by Crippen LogP contribution is -2.14. The Balaban J connectivity index is 1.57. The summed E-state index contributed by atoms with van der Waals surface area (Å²) in [5, 5.41) is 14.6. The number of hydrogen-bond donors (Lipinski definition) is 2. The molecule has 2 N–H and O–H groups in total. The number of benzene rings is 1. The number of carbonyl (C=O) groups is 1. The molecule has 2 heterocycles. The Hall–Kier alpha value is -2.84. The third-order valence-electron chi connectivity index (χ3n) is 3.73. The molecule has 1 aromatic carbocycles. The molecule has 3 aromatic rings. The predicted molar refractivity (Wildman–Crippen MR) is 103 cm³/mol. The van der Waals surface area contributed by atoms with E-state index in [1.54, 1.807) is 35.1 Å². The van der Waals surface area contributed by atoms with E-state index in [2.05, 4.69) is 20.6 Å². The molecule has 1 amide bonds. The number of carbonyl (C=O) groups excluding carboxylic acids is 1. The van der Waals surface area contributed by atoms with E-state index < -0.39 is 0 Å². The molecule has 3 rings (SSSR count). The van der Waals surface area contributed by atoms with Gasteiger partial charge in [-0.3, -0.25) is 9.89 Å². The molecule has 27 heavy (non-hydrogen) atoms. The number of H-pyrrole nitrogens is 1. The van der Waals surface area contributed by atoms with Crippen molar-refractivity contribution in [3.63, 3.8) is 0 Å². The van der Waals surface area contributed by atoms with Crippen molar-refractivity contribution >= 4 is 23.3 Å². The molecule has 0 aliphatic rings. The fraction of sp³-hybridized carbons (Fsp3) is 0.278. The number of anilines is 1. The van der Waals surface area contributed by atoms with Gasteiger partial charge in [-0.1, -0.05) is 11.6 Å². The minimum Gasteiger partial charge on any atom is -0.471 e. The van der Waals surface area contributed by atoms with E-state index in [1.165, 1.54) is 0 Å². The lowest BCUT2D eigenvalue weighted by molar-refractivity contribution is 0.102. The van der Waals surface area contributed by atoms with Crippen molar-refractivity contribution in [1.29, 1.82) is 0 Å². The first-order valence-corrected chi connectivity index (χ1v) is 8.71. The summed E-state index contributed by atoms with van der Waals surface area (Å²) in [5.74, 6) is 0.807. The highest BCUT2D eigenvalue weighted by molar-refractivity contribution is 6.31. The maximum absolute atomic E-state index is 12.3. The van der Waals surface area contributed by atoms with Crippen LogP contribution in [0.15, 0.2) is 36.5 Å². The van der Waals surface area contributed by atoms with Gasteiger partial charge in [-0.2, -0.15) is 10.2 Å². The monoisotopic (exact) mass is 388 g/mol. The van der Waals surface area contributed by atoms with Crippen LogP contribution in [0.2, 0.25) is 5.02 Å². The lowest BCUT2D eigenvalue weighted by Gasteiger charge is -2.07. The van der Waals surface area contributed by atoms with Crippen molar-refractivity contribution in [1.82, 2.24) is 24.9 Å². The van der Waals surface area contributed by atoms with E-state index in [1.807, 2.05) is 32.0 Å². The van der Waals surface area contributed by atoms with Gasteiger partial charge in [-0.25, -0.2) is 4.68 Å². The Morgan fingerprint density at radius 3 is 2.89 bits per heavy atom. The maximum atomic E-state index is 12.3. The van der Waals surface area contributed by atoms with Crippen molar-refractivity contribution < 1.29 is 9.53 Å². The fourth-order valence-corrected chi connectivity index (χ4v) is 2.55. The molecule has 0 saturated heterocycles. The predicted octanol–water partition coefficient (Wildman–Crippen LogP) is 2.92.